The number of anilines is 1. The number of urea groups is 1. The van der Waals surface area contributed by atoms with E-state index in [0.29, 0.717) is 18.2 Å². The summed E-state index contributed by atoms with van der Waals surface area (Å²) in [5.41, 5.74) is 3.23. The van der Waals surface area contributed by atoms with E-state index in [2.05, 4.69) is 30.5 Å². The van der Waals surface area contributed by atoms with Crippen molar-refractivity contribution in [3.63, 3.8) is 0 Å². The number of carbonyl (C=O) groups is 1. The van der Waals surface area contributed by atoms with E-state index in [4.69, 9.17) is 0 Å². The van der Waals surface area contributed by atoms with Gasteiger partial charge in [-0.05, 0) is 48.6 Å². The highest BCUT2D eigenvalue weighted by molar-refractivity contribution is 7.99. The number of hydrogen-bond acceptors (Lipinski definition) is 3. The highest BCUT2D eigenvalue weighted by Crippen LogP contribution is 2.24. The minimum absolute atomic E-state index is 0.195. The lowest BCUT2D eigenvalue weighted by molar-refractivity contribution is 0.163. The van der Waals surface area contributed by atoms with Gasteiger partial charge in [-0.2, -0.15) is 11.8 Å². The molecule has 5 heteroatoms. The minimum atomic E-state index is -0.341. The summed E-state index contributed by atoms with van der Waals surface area (Å²) >= 11 is 1.89. The molecule has 0 spiro atoms. The van der Waals surface area contributed by atoms with Crippen LogP contribution in [0.5, 0.6) is 0 Å². The molecule has 0 radical (unpaired) electrons. The molecule has 0 bridgehead atoms. The van der Waals surface area contributed by atoms with Crippen molar-refractivity contribution >= 4 is 23.5 Å². The number of amides is 2. The molecule has 4 nitrogen and oxygen atoms in total. The summed E-state index contributed by atoms with van der Waals surface area (Å²) in [6.45, 7) is 10.7. The normalized spacial score (nSPS) is 13.7. The molecular weight excluding hydrogens is 308 g/mol. The SMILES string of the molecule is Cc1c(CSC(C)C)cccc1NC(=O)NCC(C)CC(C)O. The summed E-state index contributed by atoms with van der Waals surface area (Å²) in [5.74, 6) is 1.20. The zero-order valence-corrected chi connectivity index (χ0v) is 15.7. The molecule has 1 aromatic rings. The maximum atomic E-state index is 12.0. The van der Waals surface area contributed by atoms with Crippen molar-refractivity contribution in [1.82, 2.24) is 5.32 Å². The standard InChI is InChI=1S/C18H30N2O2S/c1-12(2)23-11-16-7-6-8-17(15(16)5)20-18(22)19-10-13(3)9-14(4)21/h6-8,12-14,21H,9-11H2,1-5H3,(H2,19,20,22). The zero-order valence-electron chi connectivity index (χ0n) is 14.8. The number of hydrogen-bond donors (Lipinski definition) is 3. The van der Waals surface area contributed by atoms with Crippen LogP contribution in [0.3, 0.4) is 0 Å². The van der Waals surface area contributed by atoms with Crippen LogP contribution in [0.4, 0.5) is 10.5 Å². The van der Waals surface area contributed by atoms with E-state index in [1.165, 1.54) is 5.56 Å². The first kappa shape index (κ1) is 19.8. The molecule has 0 aliphatic rings. The quantitative estimate of drug-likeness (QED) is 0.667. The van der Waals surface area contributed by atoms with Crippen molar-refractivity contribution in [3.05, 3.63) is 29.3 Å². The van der Waals surface area contributed by atoms with Crippen molar-refractivity contribution in [2.24, 2.45) is 5.92 Å². The Kier molecular flexibility index (Phi) is 8.48. The van der Waals surface area contributed by atoms with Crippen molar-refractivity contribution in [2.45, 2.75) is 58.1 Å². The third-order valence-corrected chi connectivity index (χ3v) is 4.77. The van der Waals surface area contributed by atoms with Crippen LogP contribution in [-0.4, -0.2) is 29.0 Å². The zero-order chi connectivity index (χ0) is 17.4. The number of thioether (sulfide) groups is 1. The second-order valence-electron chi connectivity index (χ2n) is 6.47. The molecule has 0 aliphatic heterocycles. The maximum Gasteiger partial charge on any atom is 0.319 e. The molecule has 130 valence electrons. The molecule has 1 aromatic carbocycles. The van der Waals surface area contributed by atoms with E-state index < -0.39 is 0 Å². The van der Waals surface area contributed by atoms with Crippen molar-refractivity contribution in [1.29, 1.82) is 0 Å². The Morgan fingerprint density at radius 2 is 1.96 bits per heavy atom. The second kappa shape index (κ2) is 9.83. The summed E-state index contributed by atoms with van der Waals surface area (Å²) in [4.78, 5) is 12.0. The fourth-order valence-electron chi connectivity index (χ4n) is 2.33. The second-order valence-corrected chi connectivity index (χ2v) is 8.04. The highest BCUT2D eigenvalue weighted by Gasteiger charge is 2.10. The predicted octanol–water partition coefficient (Wildman–Crippen LogP) is 4.17. The molecule has 0 aromatic heterocycles. The molecular formula is C18H30N2O2S. The smallest absolute Gasteiger partial charge is 0.319 e. The van der Waals surface area contributed by atoms with E-state index in [1.54, 1.807) is 6.92 Å². The van der Waals surface area contributed by atoms with Gasteiger partial charge >= 0.3 is 6.03 Å². The minimum Gasteiger partial charge on any atom is -0.393 e. The fraction of sp³-hybridized carbons (Fsp3) is 0.611. The Bertz CT molecular complexity index is 504. The van der Waals surface area contributed by atoms with E-state index in [1.807, 2.05) is 37.7 Å². The maximum absolute atomic E-state index is 12.0. The average Bonchev–Trinajstić information content (AvgIpc) is 2.45. The Hall–Kier alpha value is -1.20. The monoisotopic (exact) mass is 338 g/mol. The van der Waals surface area contributed by atoms with Crippen molar-refractivity contribution in [2.75, 3.05) is 11.9 Å². The Balaban J connectivity index is 2.56. The summed E-state index contributed by atoms with van der Waals surface area (Å²) in [7, 11) is 0. The largest absolute Gasteiger partial charge is 0.393 e. The number of nitrogens with one attached hydrogen (secondary N) is 2. The molecule has 23 heavy (non-hydrogen) atoms. The van der Waals surface area contributed by atoms with E-state index >= 15 is 0 Å². The van der Waals surface area contributed by atoms with Gasteiger partial charge in [0.1, 0.15) is 0 Å². The van der Waals surface area contributed by atoms with Gasteiger partial charge < -0.3 is 15.7 Å². The van der Waals surface area contributed by atoms with Crippen LogP contribution in [0.2, 0.25) is 0 Å². The van der Waals surface area contributed by atoms with Gasteiger partial charge in [-0.15, -0.1) is 0 Å². The van der Waals surface area contributed by atoms with Crippen molar-refractivity contribution in [3.8, 4) is 0 Å². The first-order valence-corrected chi connectivity index (χ1v) is 9.27. The third-order valence-electron chi connectivity index (χ3n) is 3.62. The lowest BCUT2D eigenvalue weighted by Gasteiger charge is -2.16. The van der Waals surface area contributed by atoms with Gasteiger partial charge in [-0.25, -0.2) is 4.79 Å². The predicted molar refractivity (Wildman–Crippen MR) is 100 cm³/mol. The molecule has 0 saturated carbocycles. The summed E-state index contributed by atoms with van der Waals surface area (Å²) in [5, 5.41) is 15.7. The van der Waals surface area contributed by atoms with Gasteiger partial charge in [0.2, 0.25) is 0 Å². The first-order valence-electron chi connectivity index (χ1n) is 8.22. The lowest BCUT2D eigenvalue weighted by atomic mass is 10.1. The average molecular weight is 339 g/mol. The van der Waals surface area contributed by atoms with Crippen molar-refractivity contribution < 1.29 is 9.90 Å². The number of aliphatic hydroxyl groups excluding tert-OH is 1. The molecule has 0 aliphatic carbocycles. The van der Waals surface area contributed by atoms with E-state index in [-0.39, 0.29) is 18.1 Å². The number of carbonyl (C=O) groups excluding carboxylic acids is 1. The van der Waals surface area contributed by atoms with Gasteiger partial charge in [0, 0.05) is 18.0 Å². The van der Waals surface area contributed by atoms with Gasteiger partial charge in [-0.3, -0.25) is 0 Å². The van der Waals surface area contributed by atoms with Gasteiger partial charge in [0.05, 0.1) is 6.10 Å². The Morgan fingerprint density at radius 3 is 2.57 bits per heavy atom. The van der Waals surface area contributed by atoms with Crippen LogP contribution < -0.4 is 10.6 Å². The summed E-state index contributed by atoms with van der Waals surface area (Å²) in [6.07, 6.45) is 0.341. The van der Waals surface area contributed by atoms with Crippen LogP contribution in [0.1, 0.15) is 45.2 Å². The molecule has 0 saturated heterocycles. The Labute approximate surface area is 144 Å². The molecule has 1 rings (SSSR count). The number of aliphatic hydroxyl groups is 1. The topological polar surface area (TPSA) is 61.4 Å². The lowest BCUT2D eigenvalue weighted by Crippen LogP contribution is -2.33. The Morgan fingerprint density at radius 1 is 1.26 bits per heavy atom. The molecule has 2 amide bonds. The molecule has 0 fully saturated rings. The number of benzene rings is 1. The first-order chi connectivity index (χ1) is 10.8. The number of rotatable bonds is 8. The van der Waals surface area contributed by atoms with E-state index in [9.17, 15) is 9.90 Å². The van der Waals surface area contributed by atoms with Crippen LogP contribution in [0, 0.1) is 12.8 Å². The third kappa shape index (κ3) is 7.75. The van der Waals surface area contributed by atoms with Crippen LogP contribution >= 0.6 is 11.8 Å². The van der Waals surface area contributed by atoms with Gasteiger partial charge in [-0.1, -0.05) is 32.9 Å². The van der Waals surface area contributed by atoms with Crippen LogP contribution in [0.25, 0.3) is 0 Å². The molecule has 3 N–H and O–H groups in total. The highest BCUT2D eigenvalue weighted by atomic mass is 32.2. The van der Waals surface area contributed by atoms with E-state index in [0.717, 1.165) is 17.0 Å². The summed E-state index contributed by atoms with van der Waals surface area (Å²) < 4.78 is 0. The van der Waals surface area contributed by atoms with Gasteiger partial charge in [0.25, 0.3) is 0 Å². The summed E-state index contributed by atoms with van der Waals surface area (Å²) in [6, 6.07) is 5.82. The van der Waals surface area contributed by atoms with Gasteiger partial charge in [0.15, 0.2) is 0 Å². The van der Waals surface area contributed by atoms with Crippen LogP contribution in [-0.2, 0) is 5.75 Å². The molecule has 0 heterocycles. The molecule has 2 unspecified atom stereocenters. The van der Waals surface area contributed by atoms with Crippen LogP contribution in [0.15, 0.2) is 18.2 Å². The molecule has 2 atom stereocenters. The fourth-order valence-corrected chi connectivity index (χ4v) is 3.16.